The molecule has 0 aromatic carbocycles. The van der Waals surface area contributed by atoms with Crippen molar-refractivity contribution in [3.05, 3.63) is 0 Å². The minimum atomic E-state index is 0.0153. The van der Waals surface area contributed by atoms with E-state index in [0.29, 0.717) is 6.54 Å². The van der Waals surface area contributed by atoms with Gasteiger partial charge in [-0.3, -0.25) is 0 Å². The van der Waals surface area contributed by atoms with Crippen LogP contribution in [0.2, 0.25) is 0 Å². The number of hydrogen-bond acceptors (Lipinski definition) is 2. The summed E-state index contributed by atoms with van der Waals surface area (Å²) in [4.78, 5) is 0. The van der Waals surface area contributed by atoms with Crippen LogP contribution < -0.4 is 5.73 Å². The average Bonchev–Trinajstić information content (AvgIpc) is 2.27. The van der Waals surface area contributed by atoms with Crippen LogP contribution in [0.15, 0.2) is 0 Å². The fourth-order valence-corrected chi connectivity index (χ4v) is 2.56. The molecule has 0 bridgehead atoms. The lowest BCUT2D eigenvalue weighted by Crippen LogP contribution is -2.44. The van der Waals surface area contributed by atoms with Crippen LogP contribution in [0.4, 0.5) is 0 Å². The first-order chi connectivity index (χ1) is 7.13. The Morgan fingerprint density at radius 3 is 2.33 bits per heavy atom. The van der Waals surface area contributed by atoms with Crippen molar-refractivity contribution in [3.8, 4) is 0 Å². The molecule has 2 N–H and O–H groups in total. The Labute approximate surface area is 94.6 Å². The topological polar surface area (TPSA) is 35.2 Å². The maximum atomic E-state index is 5.97. The molecule has 0 saturated heterocycles. The fraction of sp³-hybridized carbons (Fsp3) is 1.00. The number of rotatable bonds is 5. The lowest BCUT2D eigenvalue weighted by Gasteiger charge is -2.40. The molecule has 0 radical (unpaired) electrons. The zero-order valence-electron chi connectivity index (χ0n) is 10.6. The second kappa shape index (κ2) is 5.86. The lowest BCUT2D eigenvalue weighted by molar-refractivity contribution is -0.0741. The van der Waals surface area contributed by atoms with Crippen LogP contribution in [0.5, 0.6) is 0 Å². The van der Waals surface area contributed by atoms with Crippen LogP contribution >= 0.6 is 0 Å². The molecule has 2 heteroatoms. The zero-order valence-corrected chi connectivity index (χ0v) is 10.6. The highest BCUT2D eigenvalue weighted by Gasteiger charge is 2.35. The van der Waals surface area contributed by atoms with Crippen molar-refractivity contribution in [2.24, 2.45) is 17.6 Å². The molecule has 2 nitrogen and oxygen atoms in total. The highest BCUT2D eigenvalue weighted by molar-refractivity contribution is 4.88. The summed E-state index contributed by atoms with van der Waals surface area (Å²) in [5.74, 6) is 1.70. The van der Waals surface area contributed by atoms with E-state index in [1.807, 2.05) is 0 Å². The van der Waals surface area contributed by atoms with E-state index in [9.17, 15) is 0 Å². The lowest BCUT2D eigenvalue weighted by atomic mass is 9.74. The summed E-state index contributed by atoms with van der Waals surface area (Å²) in [7, 11) is 0. The second-order valence-electron chi connectivity index (χ2n) is 5.32. The van der Waals surface area contributed by atoms with Crippen LogP contribution in [0.25, 0.3) is 0 Å². The van der Waals surface area contributed by atoms with Gasteiger partial charge in [-0.15, -0.1) is 0 Å². The Balaban J connectivity index is 2.43. The molecular formula is C13H27NO. The summed E-state index contributed by atoms with van der Waals surface area (Å²) < 4.78 is 5.97. The number of hydrogen-bond donors (Lipinski definition) is 1. The monoisotopic (exact) mass is 213 g/mol. The molecule has 0 heterocycles. The molecule has 0 aliphatic heterocycles. The second-order valence-corrected chi connectivity index (χ2v) is 5.32. The van der Waals surface area contributed by atoms with Crippen molar-refractivity contribution in [1.29, 1.82) is 0 Å². The number of ether oxygens (including phenoxy) is 1. The van der Waals surface area contributed by atoms with Gasteiger partial charge in [0.25, 0.3) is 0 Å². The first-order valence-electron chi connectivity index (χ1n) is 6.47. The molecule has 0 aromatic heterocycles. The minimum absolute atomic E-state index is 0.0153. The van der Waals surface area contributed by atoms with Gasteiger partial charge in [-0.1, -0.05) is 20.8 Å². The standard InChI is InChI=1S/C13H27NO/c1-4-9-15-13(10-14)7-5-12(6-8-13)11(2)3/h11-12H,4-10,14H2,1-3H3. The third kappa shape index (κ3) is 3.46. The highest BCUT2D eigenvalue weighted by Crippen LogP contribution is 2.37. The van der Waals surface area contributed by atoms with Crippen LogP contribution in [0, 0.1) is 11.8 Å². The third-order valence-corrected chi connectivity index (χ3v) is 3.87. The Kier molecular flexibility index (Phi) is 5.07. The molecule has 0 aromatic rings. The molecule has 1 saturated carbocycles. The molecular weight excluding hydrogens is 186 g/mol. The van der Waals surface area contributed by atoms with E-state index in [2.05, 4.69) is 20.8 Å². The Morgan fingerprint density at radius 2 is 1.93 bits per heavy atom. The first-order valence-corrected chi connectivity index (χ1v) is 6.47. The summed E-state index contributed by atoms with van der Waals surface area (Å²) in [6, 6.07) is 0. The van der Waals surface area contributed by atoms with Gasteiger partial charge in [0.15, 0.2) is 0 Å². The van der Waals surface area contributed by atoms with E-state index in [0.717, 1.165) is 37.7 Å². The summed E-state index contributed by atoms with van der Waals surface area (Å²) in [6.07, 6.45) is 5.99. The molecule has 1 aliphatic carbocycles. The Hall–Kier alpha value is -0.0800. The van der Waals surface area contributed by atoms with Gasteiger partial charge in [-0.2, -0.15) is 0 Å². The summed E-state index contributed by atoms with van der Waals surface area (Å²) in [5.41, 5.74) is 5.89. The molecule has 0 amide bonds. The molecule has 1 aliphatic rings. The van der Waals surface area contributed by atoms with Crippen molar-refractivity contribution < 1.29 is 4.74 Å². The number of nitrogens with two attached hydrogens (primary N) is 1. The predicted molar refractivity (Wildman–Crippen MR) is 64.8 cm³/mol. The Morgan fingerprint density at radius 1 is 1.33 bits per heavy atom. The van der Waals surface area contributed by atoms with Crippen molar-refractivity contribution in [3.63, 3.8) is 0 Å². The van der Waals surface area contributed by atoms with Crippen molar-refractivity contribution in [2.75, 3.05) is 13.2 Å². The largest absolute Gasteiger partial charge is 0.374 e. The van der Waals surface area contributed by atoms with Crippen LogP contribution in [0.3, 0.4) is 0 Å². The van der Waals surface area contributed by atoms with Gasteiger partial charge in [0.2, 0.25) is 0 Å². The predicted octanol–water partition coefficient (Wildman–Crippen LogP) is 2.96. The summed E-state index contributed by atoms with van der Waals surface area (Å²) in [5, 5.41) is 0. The zero-order chi connectivity index (χ0) is 11.3. The van der Waals surface area contributed by atoms with E-state index in [1.165, 1.54) is 12.8 Å². The van der Waals surface area contributed by atoms with Crippen LogP contribution in [-0.4, -0.2) is 18.8 Å². The molecule has 90 valence electrons. The molecule has 0 atom stereocenters. The Bertz CT molecular complexity index is 171. The van der Waals surface area contributed by atoms with E-state index < -0.39 is 0 Å². The van der Waals surface area contributed by atoms with Gasteiger partial charge in [-0.05, 0) is 43.9 Å². The van der Waals surface area contributed by atoms with Crippen molar-refractivity contribution in [1.82, 2.24) is 0 Å². The van der Waals surface area contributed by atoms with Gasteiger partial charge in [0.05, 0.1) is 5.60 Å². The van der Waals surface area contributed by atoms with Crippen LogP contribution in [-0.2, 0) is 4.74 Å². The van der Waals surface area contributed by atoms with Gasteiger partial charge >= 0.3 is 0 Å². The molecule has 15 heavy (non-hydrogen) atoms. The minimum Gasteiger partial charge on any atom is -0.374 e. The molecule has 0 spiro atoms. The molecule has 1 rings (SSSR count). The van der Waals surface area contributed by atoms with Gasteiger partial charge < -0.3 is 10.5 Å². The first kappa shape index (κ1) is 13.0. The highest BCUT2D eigenvalue weighted by atomic mass is 16.5. The van der Waals surface area contributed by atoms with E-state index in [1.54, 1.807) is 0 Å². The summed E-state index contributed by atoms with van der Waals surface area (Å²) in [6.45, 7) is 8.37. The van der Waals surface area contributed by atoms with Gasteiger partial charge in [0, 0.05) is 13.2 Å². The maximum absolute atomic E-state index is 5.97. The smallest absolute Gasteiger partial charge is 0.0804 e. The molecule has 0 unspecified atom stereocenters. The fourth-order valence-electron chi connectivity index (χ4n) is 2.56. The van der Waals surface area contributed by atoms with Gasteiger partial charge in [-0.25, -0.2) is 0 Å². The molecule has 1 fully saturated rings. The maximum Gasteiger partial charge on any atom is 0.0804 e. The normalized spacial score (nSPS) is 32.2. The SMILES string of the molecule is CCCOC1(CN)CCC(C(C)C)CC1. The van der Waals surface area contributed by atoms with Gasteiger partial charge in [0.1, 0.15) is 0 Å². The van der Waals surface area contributed by atoms with E-state index >= 15 is 0 Å². The quantitative estimate of drug-likeness (QED) is 0.762. The summed E-state index contributed by atoms with van der Waals surface area (Å²) >= 11 is 0. The third-order valence-electron chi connectivity index (χ3n) is 3.87. The average molecular weight is 213 g/mol. The van der Waals surface area contributed by atoms with Crippen molar-refractivity contribution in [2.45, 2.75) is 58.5 Å². The van der Waals surface area contributed by atoms with Crippen molar-refractivity contribution >= 4 is 0 Å². The van der Waals surface area contributed by atoms with E-state index in [4.69, 9.17) is 10.5 Å². The van der Waals surface area contributed by atoms with Crippen LogP contribution in [0.1, 0.15) is 52.9 Å². The van der Waals surface area contributed by atoms with E-state index in [-0.39, 0.29) is 5.60 Å².